The lowest BCUT2D eigenvalue weighted by Gasteiger charge is -2.39. The van der Waals surface area contributed by atoms with E-state index in [1.54, 1.807) is 30.3 Å². The second kappa shape index (κ2) is 8.83. The van der Waals surface area contributed by atoms with E-state index in [1.165, 1.54) is 11.4 Å². The van der Waals surface area contributed by atoms with Crippen molar-refractivity contribution in [1.82, 2.24) is 9.62 Å². The fraction of sp³-hybridized carbons (Fsp3) is 0.619. The highest BCUT2D eigenvalue weighted by Gasteiger charge is 2.45. The van der Waals surface area contributed by atoms with Gasteiger partial charge in [0, 0.05) is 13.1 Å². The maximum Gasteiger partial charge on any atom is 0.331 e. The van der Waals surface area contributed by atoms with Crippen LogP contribution in [0.15, 0.2) is 35.2 Å². The van der Waals surface area contributed by atoms with E-state index in [9.17, 15) is 18.0 Å². The van der Waals surface area contributed by atoms with Crippen LogP contribution in [-0.4, -0.2) is 50.3 Å². The van der Waals surface area contributed by atoms with Crippen LogP contribution in [0.1, 0.15) is 45.4 Å². The summed E-state index contributed by atoms with van der Waals surface area (Å²) in [5.74, 6) is -0.658. The van der Waals surface area contributed by atoms with Gasteiger partial charge in [0.2, 0.25) is 15.9 Å². The number of piperidine rings is 1. The molecule has 29 heavy (non-hydrogen) atoms. The maximum atomic E-state index is 13.0. The zero-order valence-electron chi connectivity index (χ0n) is 17.1. The van der Waals surface area contributed by atoms with E-state index < -0.39 is 27.4 Å². The summed E-state index contributed by atoms with van der Waals surface area (Å²) < 4.78 is 32.2. The van der Waals surface area contributed by atoms with Gasteiger partial charge in [-0.05, 0) is 56.6 Å². The molecular formula is C21H30N2O5S. The van der Waals surface area contributed by atoms with Gasteiger partial charge in [-0.2, -0.15) is 4.31 Å². The third-order valence-electron chi connectivity index (χ3n) is 6.20. The number of nitrogens with one attached hydrogen (secondary N) is 1. The van der Waals surface area contributed by atoms with Crippen molar-refractivity contribution in [3.05, 3.63) is 30.3 Å². The summed E-state index contributed by atoms with van der Waals surface area (Å²) in [6, 6.07) is 8.27. The van der Waals surface area contributed by atoms with Crippen LogP contribution in [0.4, 0.5) is 0 Å². The first-order valence-corrected chi connectivity index (χ1v) is 11.7. The summed E-state index contributed by atoms with van der Waals surface area (Å²) in [6.45, 7) is 2.65. The van der Waals surface area contributed by atoms with Gasteiger partial charge in [-0.25, -0.2) is 13.2 Å². The number of ether oxygens (including phenoxy) is 1. The highest BCUT2D eigenvalue weighted by atomic mass is 32.2. The molecule has 1 atom stereocenters. The van der Waals surface area contributed by atoms with Crippen molar-refractivity contribution in [2.45, 2.75) is 55.9 Å². The highest BCUT2D eigenvalue weighted by Crippen LogP contribution is 2.34. The van der Waals surface area contributed by atoms with Crippen LogP contribution in [0.25, 0.3) is 0 Å². The Labute approximate surface area is 172 Å². The molecule has 0 aromatic heterocycles. The predicted octanol–water partition coefficient (Wildman–Crippen LogP) is 2.33. The first kappa shape index (κ1) is 21.8. The molecule has 1 saturated carbocycles. The van der Waals surface area contributed by atoms with E-state index in [0.29, 0.717) is 38.1 Å². The van der Waals surface area contributed by atoms with Crippen LogP contribution in [0, 0.1) is 11.8 Å². The molecule has 1 amide bonds. The van der Waals surface area contributed by atoms with E-state index in [-0.39, 0.29) is 17.3 Å². The van der Waals surface area contributed by atoms with Crippen LogP contribution in [0.2, 0.25) is 0 Å². The summed E-state index contributed by atoms with van der Waals surface area (Å²) in [7, 11) is -2.31. The Balaban J connectivity index is 1.73. The van der Waals surface area contributed by atoms with E-state index >= 15 is 0 Å². The van der Waals surface area contributed by atoms with Crippen LogP contribution in [0.3, 0.4) is 0 Å². The molecule has 1 aliphatic carbocycles. The molecule has 2 fully saturated rings. The van der Waals surface area contributed by atoms with Gasteiger partial charge in [0.25, 0.3) is 0 Å². The molecule has 1 unspecified atom stereocenters. The lowest BCUT2D eigenvalue weighted by molar-refractivity contribution is -0.153. The predicted molar refractivity (Wildman–Crippen MR) is 108 cm³/mol. The number of benzene rings is 1. The van der Waals surface area contributed by atoms with Crippen LogP contribution >= 0.6 is 0 Å². The molecule has 0 radical (unpaired) electrons. The van der Waals surface area contributed by atoms with E-state index in [0.717, 1.165) is 12.8 Å². The third kappa shape index (κ3) is 4.64. The van der Waals surface area contributed by atoms with Gasteiger partial charge in [-0.3, -0.25) is 4.79 Å². The molecule has 1 saturated heterocycles. The lowest BCUT2D eigenvalue weighted by Crippen LogP contribution is -2.59. The molecule has 2 aliphatic rings. The minimum atomic E-state index is -3.64. The van der Waals surface area contributed by atoms with Crippen molar-refractivity contribution in [3.8, 4) is 0 Å². The van der Waals surface area contributed by atoms with Gasteiger partial charge >= 0.3 is 5.97 Å². The van der Waals surface area contributed by atoms with Crippen molar-refractivity contribution < 1.29 is 22.7 Å². The fourth-order valence-electron chi connectivity index (χ4n) is 4.28. The summed E-state index contributed by atoms with van der Waals surface area (Å²) in [6.07, 6.45) is 3.98. The Kier molecular flexibility index (Phi) is 6.63. The van der Waals surface area contributed by atoms with Crippen molar-refractivity contribution in [1.29, 1.82) is 0 Å². The number of esters is 1. The smallest absolute Gasteiger partial charge is 0.331 e. The Morgan fingerprint density at radius 1 is 1.14 bits per heavy atom. The number of methoxy groups -OCH3 is 1. The first-order chi connectivity index (χ1) is 13.8. The van der Waals surface area contributed by atoms with E-state index in [2.05, 4.69) is 12.2 Å². The number of sulfonamides is 1. The number of nitrogens with zero attached hydrogens (tertiary/aromatic N) is 1. The van der Waals surface area contributed by atoms with Gasteiger partial charge in [0.1, 0.15) is 5.54 Å². The largest absolute Gasteiger partial charge is 0.467 e. The molecule has 3 rings (SSSR count). The minimum Gasteiger partial charge on any atom is -0.467 e. The van der Waals surface area contributed by atoms with Crippen molar-refractivity contribution >= 4 is 21.9 Å². The molecule has 1 aromatic carbocycles. The zero-order valence-corrected chi connectivity index (χ0v) is 17.9. The Morgan fingerprint density at radius 3 is 2.41 bits per heavy atom. The number of amides is 1. The highest BCUT2D eigenvalue weighted by molar-refractivity contribution is 7.89. The second-order valence-corrected chi connectivity index (χ2v) is 10.2. The third-order valence-corrected chi connectivity index (χ3v) is 8.08. The topological polar surface area (TPSA) is 92.8 Å². The SMILES string of the molecule is COC(=O)C1(NC(=O)C2CCCN(S(=O)(=O)c3ccccc3)C2)CCC(C)CC1. The quantitative estimate of drug-likeness (QED) is 0.735. The first-order valence-electron chi connectivity index (χ1n) is 10.2. The van der Waals surface area contributed by atoms with Gasteiger partial charge < -0.3 is 10.1 Å². The number of carbonyl (C=O) groups excluding carboxylic acids is 2. The molecule has 7 nitrogen and oxygen atoms in total. The van der Waals surface area contributed by atoms with Crippen molar-refractivity contribution in [2.24, 2.45) is 11.8 Å². The van der Waals surface area contributed by atoms with Gasteiger partial charge in [0.15, 0.2) is 0 Å². The van der Waals surface area contributed by atoms with Crippen molar-refractivity contribution in [3.63, 3.8) is 0 Å². The molecule has 8 heteroatoms. The van der Waals surface area contributed by atoms with Crippen molar-refractivity contribution in [2.75, 3.05) is 20.2 Å². The van der Waals surface area contributed by atoms with Gasteiger partial charge in [0.05, 0.1) is 17.9 Å². The zero-order chi connectivity index (χ0) is 21.1. The summed E-state index contributed by atoms with van der Waals surface area (Å²) in [4.78, 5) is 25.8. The number of hydrogen-bond acceptors (Lipinski definition) is 5. The number of hydrogen-bond donors (Lipinski definition) is 1. The van der Waals surface area contributed by atoms with Crippen LogP contribution in [-0.2, 0) is 24.3 Å². The Morgan fingerprint density at radius 2 is 1.79 bits per heavy atom. The summed E-state index contributed by atoms with van der Waals surface area (Å²) >= 11 is 0. The lowest BCUT2D eigenvalue weighted by atomic mass is 9.76. The van der Waals surface area contributed by atoms with Crippen LogP contribution in [0.5, 0.6) is 0 Å². The second-order valence-electron chi connectivity index (χ2n) is 8.26. The van der Waals surface area contributed by atoms with Gasteiger partial charge in [-0.1, -0.05) is 25.1 Å². The van der Waals surface area contributed by atoms with E-state index in [4.69, 9.17) is 4.74 Å². The average Bonchev–Trinajstić information content (AvgIpc) is 2.75. The fourth-order valence-corrected chi connectivity index (χ4v) is 5.83. The van der Waals surface area contributed by atoms with Gasteiger partial charge in [-0.15, -0.1) is 0 Å². The molecule has 160 valence electrons. The minimum absolute atomic E-state index is 0.122. The monoisotopic (exact) mass is 422 g/mol. The summed E-state index contributed by atoms with van der Waals surface area (Å²) in [5.41, 5.74) is -1.00. The molecule has 1 N–H and O–H groups in total. The molecule has 1 aliphatic heterocycles. The Hall–Kier alpha value is -1.93. The average molecular weight is 423 g/mol. The molecule has 1 aromatic rings. The molecule has 0 spiro atoms. The maximum absolute atomic E-state index is 13.0. The standard InChI is InChI=1S/C21H30N2O5S/c1-16-10-12-21(13-11-16,20(25)28-2)22-19(24)17-7-6-14-23(15-17)29(26,27)18-8-4-3-5-9-18/h3-5,8-9,16-17H,6-7,10-15H2,1-2H3,(H,22,24). The molecular weight excluding hydrogens is 392 g/mol. The Bertz CT molecular complexity index is 832. The van der Waals surface area contributed by atoms with Crippen LogP contribution < -0.4 is 5.32 Å². The number of carbonyl (C=O) groups is 2. The summed E-state index contributed by atoms with van der Waals surface area (Å²) in [5, 5.41) is 2.95. The number of rotatable bonds is 5. The van der Waals surface area contributed by atoms with E-state index in [1.807, 2.05) is 0 Å². The molecule has 1 heterocycles. The molecule has 0 bridgehead atoms. The normalized spacial score (nSPS) is 28.5.